The molecule has 5 rings (SSSR count). The minimum absolute atomic E-state index is 0.315. The lowest BCUT2D eigenvalue weighted by atomic mass is 10.0. The first-order valence-corrected chi connectivity index (χ1v) is 14.9. The molecule has 1 saturated heterocycles. The summed E-state index contributed by atoms with van der Waals surface area (Å²) in [4.78, 5) is 2.50. The summed E-state index contributed by atoms with van der Waals surface area (Å²) in [5, 5.41) is -0.790. The van der Waals surface area contributed by atoms with Crippen molar-refractivity contribution in [3.05, 3.63) is 138 Å². The highest BCUT2D eigenvalue weighted by atomic mass is 32.2. The van der Waals surface area contributed by atoms with E-state index in [2.05, 4.69) is 17.0 Å². The topological polar surface area (TPSA) is 55.8 Å². The van der Waals surface area contributed by atoms with Gasteiger partial charge in [0.05, 0.1) is 24.2 Å². The van der Waals surface area contributed by atoms with Crippen LogP contribution in [-0.4, -0.2) is 43.9 Å². The van der Waals surface area contributed by atoms with Gasteiger partial charge in [0.1, 0.15) is 11.4 Å². The van der Waals surface area contributed by atoms with Gasteiger partial charge < -0.3 is 9.47 Å². The molecule has 5 nitrogen and oxygen atoms in total. The molecule has 0 bridgehead atoms. The zero-order valence-electron chi connectivity index (χ0n) is 22.2. The van der Waals surface area contributed by atoms with Gasteiger partial charge in [-0.3, -0.25) is 4.90 Å². The van der Waals surface area contributed by atoms with E-state index >= 15 is 0 Å². The zero-order chi connectivity index (χ0) is 27.1. The maximum atomic E-state index is 14.2. The Bertz CT molecular complexity index is 1410. The Morgan fingerprint density at radius 3 is 1.74 bits per heavy atom. The number of ether oxygens (including phenoxy) is 2. The quantitative estimate of drug-likeness (QED) is 0.253. The maximum absolute atomic E-state index is 14.2. The third-order valence-electron chi connectivity index (χ3n) is 7.20. The summed E-state index contributed by atoms with van der Waals surface area (Å²) >= 11 is 0. The highest BCUT2D eigenvalue weighted by Gasteiger charge is 2.45. The van der Waals surface area contributed by atoms with E-state index in [0.717, 1.165) is 22.3 Å². The van der Waals surface area contributed by atoms with Crippen molar-refractivity contribution in [2.45, 2.75) is 49.0 Å². The predicted octanol–water partition coefficient (Wildman–Crippen LogP) is 5.82. The van der Waals surface area contributed by atoms with Crippen molar-refractivity contribution >= 4 is 9.84 Å². The van der Waals surface area contributed by atoms with Gasteiger partial charge in [-0.1, -0.05) is 109 Å². The second-order valence-corrected chi connectivity index (χ2v) is 12.3. The normalized spacial score (nSPS) is 20.1. The molecule has 1 heterocycles. The largest absolute Gasteiger partial charge is 0.369 e. The van der Waals surface area contributed by atoms with Gasteiger partial charge in [-0.05, 0) is 35.7 Å². The van der Waals surface area contributed by atoms with Crippen LogP contribution in [0.25, 0.3) is 0 Å². The number of hydrogen-bond acceptors (Lipinski definition) is 5. The Labute approximate surface area is 231 Å². The van der Waals surface area contributed by atoms with E-state index in [0.29, 0.717) is 37.7 Å². The predicted molar refractivity (Wildman–Crippen MR) is 154 cm³/mol. The van der Waals surface area contributed by atoms with E-state index in [1.807, 2.05) is 97.9 Å². The Kier molecular flexibility index (Phi) is 8.89. The second kappa shape index (κ2) is 12.7. The molecule has 0 aliphatic carbocycles. The Balaban J connectivity index is 1.48. The Hall–Kier alpha value is -3.29. The van der Waals surface area contributed by atoms with E-state index in [1.165, 1.54) is 0 Å². The molecule has 0 saturated carbocycles. The first kappa shape index (κ1) is 27.3. The summed E-state index contributed by atoms with van der Waals surface area (Å²) < 4.78 is 41.3. The Morgan fingerprint density at radius 1 is 0.667 bits per heavy atom. The standard InChI is InChI=1S/C33H35NO4S/c1-26-17-19-30(20-18-26)39(35,36)32-23-34(21-27-11-5-2-6-12-27)22-31(37-24-28-13-7-3-8-14-28)33(32)38-25-29-15-9-4-10-16-29/h2-20,31-33H,21-25H2,1H3/t31-,32+,33-/m1/s1. The number of rotatable bonds is 10. The van der Waals surface area contributed by atoms with Crippen LogP contribution in [0.1, 0.15) is 22.3 Å². The number of sulfone groups is 1. The molecule has 1 aliphatic heterocycles. The van der Waals surface area contributed by atoms with Gasteiger partial charge in [-0.15, -0.1) is 0 Å². The van der Waals surface area contributed by atoms with Gasteiger partial charge in [0, 0.05) is 19.6 Å². The summed E-state index contributed by atoms with van der Waals surface area (Å²) in [7, 11) is -3.72. The molecule has 0 aromatic heterocycles. The zero-order valence-corrected chi connectivity index (χ0v) is 23.0. The van der Waals surface area contributed by atoms with E-state index in [4.69, 9.17) is 9.47 Å². The van der Waals surface area contributed by atoms with Crippen molar-refractivity contribution in [2.24, 2.45) is 0 Å². The van der Waals surface area contributed by atoms with Crippen LogP contribution < -0.4 is 0 Å². The SMILES string of the molecule is Cc1ccc(S(=O)(=O)[C@H]2CN(Cc3ccccc3)C[C@@H](OCc3ccccc3)[C@H]2OCc2ccccc2)cc1. The third kappa shape index (κ3) is 7.02. The molecule has 1 aliphatic rings. The van der Waals surface area contributed by atoms with Crippen LogP contribution >= 0.6 is 0 Å². The van der Waals surface area contributed by atoms with Gasteiger partial charge >= 0.3 is 0 Å². The minimum atomic E-state index is -3.72. The van der Waals surface area contributed by atoms with Crippen molar-refractivity contribution in [1.82, 2.24) is 4.90 Å². The number of benzene rings is 4. The first-order valence-electron chi connectivity index (χ1n) is 13.4. The molecule has 0 N–H and O–H groups in total. The molecule has 4 aromatic carbocycles. The summed E-state index contributed by atoms with van der Waals surface area (Å²) in [5.41, 5.74) is 4.19. The molecule has 0 radical (unpaired) electrons. The van der Waals surface area contributed by atoms with Gasteiger partial charge in [0.2, 0.25) is 0 Å². The van der Waals surface area contributed by atoms with Crippen molar-refractivity contribution in [3.8, 4) is 0 Å². The fraction of sp³-hybridized carbons (Fsp3) is 0.273. The summed E-state index contributed by atoms with van der Waals surface area (Å²) in [6.07, 6.45) is -1.07. The highest BCUT2D eigenvalue weighted by molar-refractivity contribution is 7.92. The van der Waals surface area contributed by atoms with Crippen LogP contribution in [-0.2, 0) is 39.1 Å². The summed E-state index contributed by atoms with van der Waals surface area (Å²) in [5.74, 6) is 0. The van der Waals surface area contributed by atoms with E-state index in [1.54, 1.807) is 12.1 Å². The van der Waals surface area contributed by atoms with Gasteiger partial charge in [0.15, 0.2) is 9.84 Å². The second-order valence-electron chi connectivity index (χ2n) is 10.2. The maximum Gasteiger partial charge on any atom is 0.185 e. The lowest BCUT2D eigenvalue weighted by Gasteiger charge is -2.43. The van der Waals surface area contributed by atoms with Crippen molar-refractivity contribution in [1.29, 1.82) is 0 Å². The van der Waals surface area contributed by atoms with Crippen LogP contribution in [0, 0.1) is 6.92 Å². The van der Waals surface area contributed by atoms with Gasteiger partial charge in [-0.25, -0.2) is 8.42 Å². The number of aryl methyl sites for hydroxylation is 1. The summed E-state index contributed by atoms with van der Waals surface area (Å²) in [6.45, 7) is 4.22. The molecule has 6 heteroatoms. The molecule has 39 heavy (non-hydrogen) atoms. The minimum Gasteiger partial charge on any atom is -0.369 e. The lowest BCUT2D eigenvalue weighted by Crippen LogP contribution is -2.59. The fourth-order valence-corrected chi connectivity index (χ4v) is 6.96. The smallest absolute Gasteiger partial charge is 0.185 e. The van der Waals surface area contributed by atoms with Crippen molar-refractivity contribution in [3.63, 3.8) is 0 Å². The molecule has 0 spiro atoms. The first-order chi connectivity index (χ1) is 19.0. The van der Waals surface area contributed by atoms with Gasteiger partial charge in [-0.2, -0.15) is 0 Å². The van der Waals surface area contributed by atoms with E-state index in [-0.39, 0.29) is 0 Å². The monoisotopic (exact) mass is 541 g/mol. The highest BCUT2D eigenvalue weighted by Crippen LogP contribution is 2.30. The molecular formula is C33H35NO4S. The van der Waals surface area contributed by atoms with Gasteiger partial charge in [0.25, 0.3) is 0 Å². The van der Waals surface area contributed by atoms with Crippen LogP contribution in [0.5, 0.6) is 0 Å². The van der Waals surface area contributed by atoms with Crippen molar-refractivity contribution in [2.75, 3.05) is 13.1 Å². The number of nitrogens with zero attached hydrogens (tertiary/aromatic N) is 1. The molecular weight excluding hydrogens is 506 g/mol. The Morgan fingerprint density at radius 2 is 1.18 bits per heavy atom. The fourth-order valence-electron chi connectivity index (χ4n) is 5.09. The summed E-state index contributed by atoms with van der Waals surface area (Å²) in [6, 6.07) is 37.1. The number of piperidine rings is 1. The molecule has 4 aromatic rings. The van der Waals surface area contributed by atoms with Crippen LogP contribution in [0.15, 0.2) is 120 Å². The van der Waals surface area contributed by atoms with Crippen LogP contribution in [0.4, 0.5) is 0 Å². The number of hydrogen-bond donors (Lipinski definition) is 0. The number of likely N-dealkylation sites (tertiary alicyclic amines) is 1. The average Bonchev–Trinajstić information content (AvgIpc) is 2.97. The lowest BCUT2D eigenvalue weighted by molar-refractivity contribution is -0.118. The van der Waals surface area contributed by atoms with Crippen LogP contribution in [0.3, 0.4) is 0 Å². The molecule has 1 fully saturated rings. The molecule has 0 unspecified atom stereocenters. The van der Waals surface area contributed by atoms with E-state index < -0.39 is 27.3 Å². The third-order valence-corrected chi connectivity index (χ3v) is 9.34. The average molecular weight is 542 g/mol. The molecule has 202 valence electrons. The molecule has 3 atom stereocenters. The van der Waals surface area contributed by atoms with E-state index in [9.17, 15) is 8.42 Å². The molecule has 0 amide bonds. The van der Waals surface area contributed by atoms with Crippen molar-refractivity contribution < 1.29 is 17.9 Å². The van der Waals surface area contributed by atoms with Crippen LogP contribution in [0.2, 0.25) is 0 Å².